The third-order valence-electron chi connectivity index (χ3n) is 3.25. The summed E-state index contributed by atoms with van der Waals surface area (Å²) in [5.41, 5.74) is 0. The van der Waals surface area contributed by atoms with E-state index in [4.69, 9.17) is 9.63 Å². The maximum absolute atomic E-state index is 11.0. The summed E-state index contributed by atoms with van der Waals surface area (Å²) in [4.78, 5) is 17.2. The van der Waals surface area contributed by atoms with Crippen LogP contribution in [0.4, 0.5) is 0 Å². The molecule has 0 aromatic carbocycles. The molecule has 1 aromatic heterocycles. The van der Waals surface area contributed by atoms with Crippen molar-refractivity contribution in [3.8, 4) is 0 Å². The molecule has 2 rings (SSSR count). The van der Waals surface area contributed by atoms with E-state index in [2.05, 4.69) is 17.1 Å². The zero-order chi connectivity index (χ0) is 13.0. The average molecular weight is 290 g/mol. The molecule has 108 valence electrons. The van der Waals surface area contributed by atoms with Crippen molar-refractivity contribution < 1.29 is 14.4 Å². The number of aliphatic carboxylic acids is 1. The Labute approximate surface area is 118 Å². The molecule has 1 aromatic rings. The molecular formula is C12H20ClN3O3. The topological polar surface area (TPSA) is 79.5 Å². The van der Waals surface area contributed by atoms with Crippen molar-refractivity contribution in [3.05, 3.63) is 11.7 Å². The van der Waals surface area contributed by atoms with Crippen LogP contribution in [-0.4, -0.2) is 38.7 Å². The average Bonchev–Trinajstić information content (AvgIpc) is 2.96. The molecule has 1 atom stereocenters. The van der Waals surface area contributed by atoms with E-state index in [-0.39, 0.29) is 12.4 Å². The van der Waals surface area contributed by atoms with Gasteiger partial charge >= 0.3 is 5.97 Å². The minimum absolute atomic E-state index is 0. The first-order valence-electron chi connectivity index (χ1n) is 6.49. The largest absolute Gasteiger partial charge is 0.480 e. The number of carboxylic acid groups (broad SMARTS) is 1. The van der Waals surface area contributed by atoms with E-state index in [9.17, 15) is 4.79 Å². The zero-order valence-corrected chi connectivity index (χ0v) is 11.9. The molecule has 0 bridgehead atoms. The monoisotopic (exact) mass is 289 g/mol. The number of hydrogen-bond acceptors (Lipinski definition) is 5. The van der Waals surface area contributed by atoms with Gasteiger partial charge in [-0.15, -0.1) is 12.4 Å². The zero-order valence-electron chi connectivity index (χ0n) is 11.0. The second-order valence-electron chi connectivity index (χ2n) is 4.67. The summed E-state index contributed by atoms with van der Waals surface area (Å²) in [5, 5.41) is 13.0. The quantitative estimate of drug-likeness (QED) is 0.861. The second kappa shape index (κ2) is 7.45. The van der Waals surface area contributed by atoms with Crippen LogP contribution in [0.3, 0.4) is 0 Å². The van der Waals surface area contributed by atoms with Crippen LogP contribution in [0.1, 0.15) is 44.3 Å². The fourth-order valence-electron chi connectivity index (χ4n) is 2.26. The third-order valence-corrected chi connectivity index (χ3v) is 3.25. The molecule has 1 aliphatic heterocycles. The van der Waals surface area contributed by atoms with Gasteiger partial charge in [0, 0.05) is 6.42 Å². The maximum atomic E-state index is 11.0. The molecule has 0 saturated carbocycles. The lowest BCUT2D eigenvalue weighted by Crippen LogP contribution is -2.35. The molecule has 7 heteroatoms. The van der Waals surface area contributed by atoms with E-state index in [0.717, 1.165) is 32.2 Å². The number of hydrogen-bond donors (Lipinski definition) is 1. The molecule has 0 radical (unpaired) electrons. The number of aromatic nitrogens is 2. The minimum Gasteiger partial charge on any atom is -0.480 e. The first-order valence-corrected chi connectivity index (χ1v) is 6.49. The first-order chi connectivity index (χ1) is 8.70. The van der Waals surface area contributed by atoms with Gasteiger partial charge in [0.2, 0.25) is 5.89 Å². The van der Waals surface area contributed by atoms with Crippen molar-refractivity contribution in [2.75, 3.05) is 6.54 Å². The van der Waals surface area contributed by atoms with Gasteiger partial charge < -0.3 is 9.63 Å². The van der Waals surface area contributed by atoms with E-state index in [1.807, 2.05) is 4.90 Å². The molecule has 1 unspecified atom stereocenters. The van der Waals surface area contributed by atoms with Crippen molar-refractivity contribution in [2.45, 2.75) is 51.6 Å². The van der Waals surface area contributed by atoms with Crippen molar-refractivity contribution in [1.29, 1.82) is 0 Å². The normalized spacial score (nSPS) is 19.3. The van der Waals surface area contributed by atoms with Crippen molar-refractivity contribution in [1.82, 2.24) is 15.0 Å². The molecule has 19 heavy (non-hydrogen) atoms. The van der Waals surface area contributed by atoms with Crippen LogP contribution < -0.4 is 0 Å². The van der Waals surface area contributed by atoms with Crippen LogP contribution in [0.15, 0.2) is 4.52 Å². The summed E-state index contributed by atoms with van der Waals surface area (Å²) in [6.07, 6.45) is 4.53. The predicted octanol–water partition coefficient (Wildman–Crippen LogP) is 1.88. The molecule has 0 amide bonds. The van der Waals surface area contributed by atoms with Crippen LogP contribution in [0, 0.1) is 0 Å². The van der Waals surface area contributed by atoms with Gasteiger partial charge in [-0.3, -0.25) is 9.69 Å². The molecule has 2 heterocycles. The number of rotatable bonds is 6. The number of unbranched alkanes of at least 4 members (excludes halogenated alkanes) is 1. The number of nitrogens with zero attached hydrogens (tertiary/aromatic N) is 3. The molecular weight excluding hydrogens is 270 g/mol. The minimum atomic E-state index is -0.762. The molecule has 1 aliphatic rings. The predicted molar refractivity (Wildman–Crippen MR) is 71.2 cm³/mol. The molecule has 1 fully saturated rings. The number of likely N-dealkylation sites (tertiary alicyclic amines) is 1. The van der Waals surface area contributed by atoms with Crippen LogP contribution in [-0.2, 0) is 17.8 Å². The number of carboxylic acids is 1. The Hall–Kier alpha value is -1.14. The van der Waals surface area contributed by atoms with Gasteiger partial charge in [-0.25, -0.2) is 0 Å². The van der Waals surface area contributed by atoms with Crippen molar-refractivity contribution in [3.63, 3.8) is 0 Å². The molecule has 6 nitrogen and oxygen atoms in total. The van der Waals surface area contributed by atoms with Gasteiger partial charge in [0.15, 0.2) is 5.82 Å². The van der Waals surface area contributed by atoms with Gasteiger partial charge in [0.05, 0.1) is 6.54 Å². The van der Waals surface area contributed by atoms with Crippen LogP contribution in [0.5, 0.6) is 0 Å². The van der Waals surface area contributed by atoms with Crippen molar-refractivity contribution in [2.24, 2.45) is 0 Å². The first kappa shape index (κ1) is 15.9. The molecule has 1 N–H and O–H groups in total. The lowest BCUT2D eigenvalue weighted by molar-refractivity contribution is -0.142. The summed E-state index contributed by atoms with van der Waals surface area (Å²) in [6, 6.07) is -0.400. The van der Waals surface area contributed by atoms with Crippen LogP contribution >= 0.6 is 12.4 Å². The maximum Gasteiger partial charge on any atom is 0.320 e. The Morgan fingerprint density at radius 2 is 2.37 bits per heavy atom. The van der Waals surface area contributed by atoms with Gasteiger partial charge in [0.1, 0.15) is 6.04 Å². The molecule has 0 aliphatic carbocycles. The number of carbonyl (C=O) groups is 1. The van der Waals surface area contributed by atoms with Gasteiger partial charge in [-0.1, -0.05) is 18.5 Å². The van der Waals surface area contributed by atoms with Gasteiger partial charge in [-0.05, 0) is 25.8 Å². The smallest absolute Gasteiger partial charge is 0.320 e. The van der Waals surface area contributed by atoms with E-state index >= 15 is 0 Å². The van der Waals surface area contributed by atoms with E-state index < -0.39 is 12.0 Å². The second-order valence-corrected chi connectivity index (χ2v) is 4.67. The number of halogens is 1. The summed E-state index contributed by atoms with van der Waals surface area (Å²) < 4.78 is 5.14. The van der Waals surface area contributed by atoms with Crippen LogP contribution in [0.25, 0.3) is 0 Å². The molecule has 1 saturated heterocycles. The van der Waals surface area contributed by atoms with E-state index in [0.29, 0.717) is 24.7 Å². The highest BCUT2D eigenvalue weighted by molar-refractivity contribution is 5.85. The van der Waals surface area contributed by atoms with Gasteiger partial charge in [-0.2, -0.15) is 4.98 Å². The summed E-state index contributed by atoms with van der Waals surface area (Å²) in [7, 11) is 0. The fourth-order valence-corrected chi connectivity index (χ4v) is 2.26. The SMILES string of the molecule is CCCCc1nc(CN2CCCC2C(=O)O)no1.Cl. The van der Waals surface area contributed by atoms with E-state index in [1.54, 1.807) is 0 Å². The highest BCUT2D eigenvalue weighted by Gasteiger charge is 2.31. The number of aryl methyl sites for hydroxylation is 1. The van der Waals surface area contributed by atoms with Crippen LogP contribution in [0.2, 0.25) is 0 Å². The van der Waals surface area contributed by atoms with Crippen molar-refractivity contribution >= 4 is 18.4 Å². The Kier molecular flexibility index (Phi) is 6.24. The lowest BCUT2D eigenvalue weighted by atomic mass is 10.2. The fraction of sp³-hybridized carbons (Fsp3) is 0.750. The molecule has 0 spiro atoms. The highest BCUT2D eigenvalue weighted by atomic mass is 35.5. The summed E-state index contributed by atoms with van der Waals surface area (Å²) in [5.74, 6) is 0.481. The summed E-state index contributed by atoms with van der Waals surface area (Å²) >= 11 is 0. The standard InChI is InChI=1S/C12H19N3O3.ClH/c1-2-3-6-11-13-10(14-18-11)8-15-7-4-5-9(15)12(16)17;/h9H,2-8H2,1H3,(H,16,17);1H. The third kappa shape index (κ3) is 4.18. The Morgan fingerprint density at radius 1 is 1.58 bits per heavy atom. The highest BCUT2D eigenvalue weighted by Crippen LogP contribution is 2.19. The Bertz CT molecular complexity index is 411. The van der Waals surface area contributed by atoms with Gasteiger partial charge in [0.25, 0.3) is 0 Å². The Morgan fingerprint density at radius 3 is 3.05 bits per heavy atom. The lowest BCUT2D eigenvalue weighted by Gasteiger charge is -2.18. The van der Waals surface area contributed by atoms with E-state index in [1.165, 1.54) is 0 Å². The Balaban J connectivity index is 0.00000180. The summed E-state index contributed by atoms with van der Waals surface area (Å²) in [6.45, 7) is 3.36.